The average Bonchev–Trinajstić information content (AvgIpc) is 3.58. The Morgan fingerprint density at radius 3 is 0.917 bits per heavy atom. The van der Waals surface area contributed by atoms with Gasteiger partial charge in [0, 0.05) is 46.9 Å². The maximum absolute atomic E-state index is 2.23. The summed E-state index contributed by atoms with van der Waals surface area (Å²) in [5.41, 5.74) is 12.3. The molecule has 2 nitrogen and oxygen atoms in total. The van der Waals surface area contributed by atoms with Gasteiger partial charge in [0.15, 0.2) is 0 Å². The van der Waals surface area contributed by atoms with E-state index in [1.165, 1.54) is 55.5 Å². The number of hydrogen-bond acceptors (Lipinski definition) is 0. The van der Waals surface area contributed by atoms with E-state index in [9.17, 15) is 0 Å². The minimum Gasteiger partial charge on any atom is -0.323 e. The summed E-state index contributed by atoms with van der Waals surface area (Å²) in [7, 11) is 0. The first-order valence-corrected chi connectivity index (χ1v) is 12.3. The van der Waals surface area contributed by atoms with Gasteiger partial charge in [-0.2, -0.15) is 0 Å². The quantitative estimate of drug-likeness (QED) is 0.248. The molecule has 0 aliphatic rings. The van der Waals surface area contributed by atoms with Crippen LogP contribution in [0.2, 0.25) is 0 Å². The van der Waals surface area contributed by atoms with Crippen molar-refractivity contribution in [3.63, 3.8) is 0 Å². The summed E-state index contributed by atoms with van der Waals surface area (Å²) in [6.45, 7) is 0. The fraction of sp³-hybridized carbons (Fsp3) is 0. The Balaban J connectivity index is 1.11. The van der Waals surface area contributed by atoms with E-state index in [2.05, 4.69) is 155 Å². The molecule has 0 bridgehead atoms. The fourth-order valence-corrected chi connectivity index (χ4v) is 4.99. The third-order valence-electron chi connectivity index (χ3n) is 7.00. The number of aromatic nitrogens is 2. The number of hydrogen-bond donors (Lipinski definition) is 0. The Morgan fingerprint density at radius 1 is 0.306 bits per heavy atom. The van der Waals surface area contributed by atoms with E-state index >= 15 is 0 Å². The van der Waals surface area contributed by atoms with Crippen LogP contribution in [0.1, 0.15) is 0 Å². The van der Waals surface area contributed by atoms with Crippen LogP contribution in [0.5, 0.6) is 0 Å². The highest BCUT2D eigenvalue weighted by Crippen LogP contribution is 2.30. The largest absolute Gasteiger partial charge is 0.323 e. The first-order chi connectivity index (χ1) is 17.8. The molecule has 7 rings (SSSR count). The van der Waals surface area contributed by atoms with Crippen molar-refractivity contribution < 1.29 is 0 Å². The van der Waals surface area contributed by atoms with Crippen LogP contribution >= 0.6 is 0 Å². The zero-order valence-electron chi connectivity index (χ0n) is 19.8. The molecule has 4 aromatic heterocycles. The van der Waals surface area contributed by atoms with E-state index in [1.807, 2.05) is 0 Å². The molecule has 170 valence electrons. The first kappa shape index (κ1) is 20.5. The molecule has 0 amide bonds. The Bertz CT molecular complexity index is 1600. The molecule has 0 N–H and O–H groups in total. The monoisotopic (exact) mass is 460 g/mol. The molecule has 0 spiro atoms. The van der Waals surface area contributed by atoms with Crippen molar-refractivity contribution in [2.24, 2.45) is 0 Å². The molecule has 0 fully saturated rings. The maximum atomic E-state index is 2.23. The van der Waals surface area contributed by atoms with Gasteiger partial charge >= 0.3 is 0 Å². The predicted octanol–water partition coefficient (Wildman–Crippen LogP) is 8.86. The molecule has 2 heteroatoms. The highest BCUT2D eigenvalue weighted by molar-refractivity contribution is 5.77. The first-order valence-electron chi connectivity index (χ1n) is 12.3. The Morgan fingerprint density at radius 2 is 0.611 bits per heavy atom. The van der Waals surface area contributed by atoms with Gasteiger partial charge in [-0.05, 0) is 69.8 Å². The van der Waals surface area contributed by atoms with Gasteiger partial charge in [-0.1, -0.05) is 84.9 Å². The standard InChI is InChI=1S/C34H24N2/c1-3-19-35-23-31(21-33(35)5-1)29-15-11-27(12-16-29)25-7-9-26(10-8-25)28-13-17-30(18-14-28)32-22-34-6-2-4-20-36(34)24-32/h1-24H. The van der Waals surface area contributed by atoms with Crippen molar-refractivity contribution in [1.29, 1.82) is 0 Å². The van der Waals surface area contributed by atoms with Crippen molar-refractivity contribution in [2.45, 2.75) is 0 Å². The summed E-state index contributed by atoms with van der Waals surface area (Å²) in [4.78, 5) is 0. The van der Waals surface area contributed by atoms with E-state index in [4.69, 9.17) is 0 Å². The second-order valence-electron chi connectivity index (χ2n) is 9.26. The lowest BCUT2D eigenvalue weighted by molar-refractivity contribution is 1.20. The zero-order chi connectivity index (χ0) is 23.9. The predicted molar refractivity (Wildman–Crippen MR) is 150 cm³/mol. The lowest BCUT2D eigenvalue weighted by Crippen LogP contribution is -1.82. The maximum Gasteiger partial charge on any atom is 0.0456 e. The van der Waals surface area contributed by atoms with Gasteiger partial charge in [0.2, 0.25) is 0 Å². The summed E-state index contributed by atoms with van der Waals surface area (Å²) in [5.74, 6) is 0. The highest BCUT2D eigenvalue weighted by atomic mass is 14.9. The average molecular weight is 461 g/mol. The lowest BCUT2D eigenvalue weighted by Gasteiger charge is -2.07. The summed E-state index contributed by atoms with van der Waals surface area (Å²) >= 11 is 0. The summed E-state index contributed by atoms with van der Waals surface area (Å²) < 4.78 is 4.32. The molecule has 0 atom stereocenters. The van der Waals surface area contributed by atoms with Crippen molar-refractivity contribution >= 4 is 11.0 Å². The smallest absolute Gasteiger partial charge is 0.0456 e. The molecule has 7 aromatic rings. The highest BCUT2D eigenvalue weighted by Gasteiger charge is 2.06. The molecule has 0 saturated carbocycles. The third kappa shape index (κ3) is 3.70. The molecule has 4 heterocycles. The van der Waals surface area contributed by atoms with E-state index in [-0.39, 0.29) is 0 Å². The number of pyridine rings is 2. The van der Waals surface area contributed by atoms with Gasteiger partial charge in [0.25, 0.3) is 0 Å². The second-order valence-corrected chi connectivity index (χ2v) is 9.26. The Kier molecular flexibility index (Phi) is 4.82. The van der Waals surface area contributed by atoms with E-state index in [0.29, 0.717) is 0 Å². The zero-order valence-corrected chi connectivity index (χ0v) is 19.8. The minimum atomic E-state index is 1.21. The number of rotatable bonds is 4. The van der Waals surface area contributed by atoms with E-state index in [1.54, 1.807) is 0 Å². The summed E-state index contributed by atoms with van der Waals surface area (Å²) in [6.07, 6.45) is 8.54. The third-order valence-corrected chi connectivity index (χ3v) is 7.00. The van der Waals surface area contributed by atoms with Gasteiger partial charge in [0.1, 0.15) is 0 Å². The van der Waals surface area contributed by atoms with Gasteiger partial charge < -0.3 is 8.80 Å². The molecule has 0 aliphatic heterocycles. The molecule has 36 heavy (non-hydrogen) atoms. The normalized spacial score (nSPS) is 11.3. The second kappa shape index (κ2) is 8.44. The van der Waals surface area contributed by atoms with Crippen molar-refractivity contribution in [2.75, 3.05) is 0 Å². The summed E-state index contributed by atoms with van der Waals surface area (Å²) in [6, 6.07) is 43.5. The number of nitrogens with zero attached hydrogens (tertiary/aromatic N) is 2. The van der Waals surface area contributed by atoms with Crippen LogP contribution in [0.15, 0.2) is 146 Å². The van der Waals surface area contributed by atoms with Crippen LogP contribution in [0.4, 0.5) is 0 Å². The molecular formula is C34H24N2. The fourth-order valence-electron chi connectivity index (χ4n) is 4.99. The molecule has 0 aliphatic carbocycles. The lowest BCUT2D eigenvalue weighted by atomic mass is 9.97. The van der Waals surface area contributed by atoms with Crippen LogP contribution in [-0.2, 0) is 0 Å². The van der Waals surface area contributed by atoms with Gasteiger partial charge in [-0.3, -0.25) is 0 Å². The molecule has 0 radical (unpaired) electrons. The van der Waals surface area contributed by atoms with Gasteiger partial charge in [-0.25, -0.2) is 0 Å². The topological polar surface area (TPSA) is 8.82 Å². The van der Waals surface area contributed by atoms with Crippen LogP contribution < -0.4 is 0 Å². The van der Waals surface area contributed by atoms with Crippen LogP contribution in [0.25, 0.3) is 55.5 Å². The van der Waals surface area contributed by atoms with Crippen LogP contribution in [-0.4, -0.2) is 8.80 Å². The van der Waals surface area contributed by atoms with Crippen LogP contribution in [0, 0.1) is 0 Å². The van der Waals surface area contributed by atoms with Gasteiger partial charge in [-0.15, -0.1) is 0 Å². The van der Waals surface area contributed by atoms with Crippen molar-refractivity contribution in [3.8, 4) is 44.5 Å². The van der Waals surface area contributed by atoms with Crippen LogP contribution in [0.3, 0.4) is 0 Å². The van der Waals surface area contributed by atoms with Gasteiger partial charge in [0.05, 0.1) is 0 Å². The van der Waals surface area contributed by atoms with E-state index < -0.39 is 0 Å². The van der Waals surface area contributed by atoms with Crippen molar-refractivity contribution in [1.82, 2.24) is 8.80 Å². The molecular weight excluding hydrogens is 436 g/mol. The van der Waals surface area contributed by atoms with E-state index in [0.717, 1.165) is 0 Å². The minimum absolute atomic E-state index is 1.21. The Hall–Kier alpha value is -4.82. The van der Waals surface area contributed by atoms with Crippen molar-refractivity contribution in [3.05, 3.63) is 146 Å². The number of benzene rings is 3. The Labute approximate surface area is 210 Å². The molecule has 0 unspecified atom stereocenters. The summed E-state index contributed by atoms with van der Waals surface area (Å²) in [5, 5.41) is 0. The molecule has 0 saturated heterocycles. The SMILES string of the molecule is c1ccn2cc(-c3ccc(-c4ccc(-c5ccc(-c6cc7ccccn7c6)cc5)cc4)cc3)cc2c1. The number of fused-ring (bicyclic) bond motifs is 2. The molecule has 3 aromatic carbocycles.